The molecule has 0 bridgehead atoms. The highest BCUT2D eigenvalue weighted by Crippen LogP contribution is 2.30. The van der Waals surface area contributed by atoms with Crippen LogP contribution in [0.5, 0.6) is 0 Å². The van der Waals surface area contributed by atoms with E-state index in [9.17, 15) is 4.79 Å². The maximum absolute atomic E-state index is 11.8. The first-order valence-electron chi connectivity index (χ1n) is 8.45. The summed E-state index contributed by atoms with van der Waals surface area (Å²) < 4.78 is 4.88. The third-order valence-electron chi connectivity index (χ3n) is 5.16. The minimum absolute atomic E-state index is 0.0869. The highest BCUT2D eigenvalue weighted by molar-refractivity contribution is 5.68. The average Bonchev–Trinajstić information content (AvgIpc) is 2.56. The third-order valence-corrected chi connectivity index (χ3v) is 5.16. The molecule has 1 saturated heterocycles. The summed E-state index contributed by atoms with van der Waals surface area (Å²) in [7, 11) is 3.63. The number of likely N-dealkylation sites (N-methyl/N-ethyl adjacent to an activating group) is 1. The topological polar surface area (TPSA) is 36.0 Å². The number of hydrogen-bond donors (Lipinski definition) is 0. The zero-order chi connectivity index (χ0) is 16.4. The largest absolute Gasteiger partial charge is 0.453 e. The molecule has 0 aliphatic carbocycles. The van der Waals surface area contributed by atoms with E-state index in [0.29, 0.717) is 0 Å². The van der Waals surface area contributed by atoms with Gasteiger partial charge in [0.05, 0.1) is 13.2 Å². The molecular weight excluding hydrogens is 290 g/mol. The SMILES string of the molecule is COC(=O)N1CCc2cc(CN3CCN(C)CC3)ccc2C1C. The smallest absolute Gasteiger partial charge is 0.409 e. The number of amides is 1. The normalized spacial score (nSPS) is 22.7. The van der Waals surface area contributed by atoms with Crippen molar-refractivity contribution in [2.24, 2.45) is 0 Å². The quantitative estimate of drug-likeness (QED) is 0.837. The maximum atomic E-state index is 11.8. The Morgan fingerprint density at radius 3 is 2.65 bits per heavy atom. The van der Waals surface area contributed by atoms with Gasteiger partial charge in [0.1, 0.15) is 0 Å². The van der Waals surface area contributed by atoms with Crippen molar-refractivity contribution in [2.75, 3.05) is 46.9 Å². The van der Waals surface area contributed by atoms with Gasteiger partial charge < -0.3 is 14.5 Å². The molecule has 2 aliphatic heterocycles. The van der Waals surface area contributed by atoms with Crippen LogP contribution in [0.2, 0.25) is 0 Å². The van der Waals surface area contributed by atoms with Gasteiger partial charge >= 0.3 is 6.09 Å². The molecule has 1 fully saturated rings. The predicted octanol–water partition coefficient (Wildman–Crippen LogP) is 2.12. The molecule has 23 heavy (non-hydrogen) atoms. The van der Waals surface area contributed by atoms with Crippen molar-refractivity contribution in [3.05, 3.63) is 34.9 Å². The molecule has 0 radical (unpaired) electrons. The van der Waals surface area contributed by atoms with Gasteiger partial charge in [0, 0.05) is 39.3 Å². The second-order valence-electron chi connectivity index (χ2n) is 6.70. The highest BCUT2D eigenvalue weighted by atomic mass is 16.5. The Balaban J connectivity index is 1.70. The van der Waals surface area contributed by atoms with Gasteiger partial charge in [-0.05, 0) is 37.1 Å². The van der Waals surface area contributed by atoms with Crippen LogP contribution >= 0.6 is 0 Å². The molecule has 3 rings (SSSR count). The van der Waals surface area contributed by atoms with Crippen LogP contribution in [-0.2, 0) is 17.7 Å². The van der Waals surface area contributed by atoms with Crippen LogP contribution in [0.1, 0.15) is 29.7 Å². The van der Waals surface area contributed by atoms with Gasteiger partial charge in [-0.15, -0.1) is 0 Å². The van der Waals surface area contributed by atoms with E-state index >= 15 is 0 Å². The summed E-state index contributed by atoms with van der Waals surface area (Å²) in [5.74, 6) is 0. The van der Waals surface area contributed by atoms with E-state index in [1.807, 2.05) is 4.90 Å². The van der Waals surface area contributed by atoms with Crippen molar-refractivity contribution in [2.45, 2.75) is 25.9 Å². The maximum Gasteiger partial charge on any atom is 0.409 e. The van der Waals surface area contributed by atoms with Crippen LogP contribution in [0.3, 0.4) is 0 Å². The second kappa shape index (κ2) is 6.89. The van der Waals surface area contributed by atoms with Crippen LogP contribution < -0.4 is 0 Å². The Morgan fingerprint density at radius 1 is 1.22 bits per heavy atom. The third kappa shape index (κ3) is 3.51. The van der Waals surface area contributed by atoms with Gasteiger partial charge in [0.2, 0.25) is 0 Å². The zero-order valence-corrected chi connectivity index (χ0v) is 14.4. The van der Waals surface area contributed by atoms with E-state index in [2.05, 4.69) is 42.0 Å². The molecule has 126 valence electrons. The molecule has 1 amide bonds. The van der Waals surface area contributed by atoms with Gasteiger partial charge in [0.15, 0.2) is 0 Å². The van der Waals surface area contributed by atoms with Crippen molar-refractivity contribution < 1.29 is 9.53 Å². The van der Waals surface area contributed by atoms with Gasteiger partial charge in [-0.25, -0.2) is 4.79 Å². The zero-order valence-electron chi connectivity index (χ0n) is 14.4. The Hall–Kier alpha value is -1.59. The number of benzene rings is 1. The molecule has 0 spiro atoms. The van der Waals surface area contributed by atoms with Crippen LogP contribution in [0, 0.1) is 0 Å². The number of piperazine rings is 1. The number of hydrogen-bond acceptors (Lipinski definition) is 4. The van der Waals surface area contributed by atoms with Crippen molar-refractivity contribution in [1.82, 2.24) is 14.7 Å². The fourth-order valence-electron chi connectivity index (χ4n) is 3.61. The number of rotatable bonds is 2. The summed E-state index contributed by atoms with van der Waals surface area (Å²) in [6.45, 7) is 8.41. The predicted molar refractivity (Wildman–Crippen MR) is 90.4 cm³/mol. The fraction of sp³-hybridized carbons (Fsp3) is 0.611. The van der Waals surface area contributed by atoms with E-state index in [4.69, 9.17) is 4.74 Å². The van der Waals surface area contributed by atoms with E-state index in [0.717, 1.165) is 45.7 Å². The van der Waals surface area contributed by atoms with Crippen molar-refractivity contribution in [3.63, 3.8) is 0 Å². The molecule has 5 nitrogen and oxygen atoms in total. The summed E-state index contributed by atoms with van der Waals surface area (Å²) in [5, 5.41) is 0. The minimum Gasteiger partial charge on any atom is -0.453 e. The molecule has 2 aliphatic rings. The molecule has 1 unspecified atom stereocenters. The lowest BCUT2D eigenvalue weighted by Gasteiger charge is -2.35. The number of nitrogens with zero attached hydrogens (tertiary/aromatic N) is 3. The van der Waals surface area contributed by atoms with E-state index in [1.165, 1.54) is 23.8 Å². The molecule has 0 N–H and O–H groups in total. The summed E-state index contributed by atoms with van der Waals surface area (Å²) in [6.07, 6.45) is 0.676. The standard InChI is InChI=1S/C18H27N3O2/c1-14-17-5-4-15(13-20-10-8-19(2)9-11-20)12-16(17)6-7-21(14)18(22)23-3/h4-5,12,14H,6-11,13H2,1-3H3. The number of fused-ring (bicyclic) bond motifs is 1. The van der Waals surface area contributed by atoms with Crippen LogP contribution in [0.25, 0.3) is 0 Å². The lowest BCUT2D eigenvalue weighted by Crippen LogP contribution is -2.44. The average molecular weight is 317 g/mol. The summed E-state index contributed by atoms with van der Waals surface area (Å²) in [5.41, 5.74) is 4.01. The number of carbonyl (C=O) groups excluding carboxylic acids is 1. The molecule has 0 saturated carbocycles. The van der Waals surface area contributed by atoms with Crippen LogP contribution in [0.15, 0.2) is 18.2 Å². The molecule has 2 heterocycles. The van der Waals surface area contributed by atoms with E-state index in [1.54, 1.807) is 0 Å². The first kappa shape index (κ1) is 16.3. The van der Waals surface area contributed by atoms with Crippen LogP contribution in [-0.4, -0.2) is 67.7 Å². The van der Waals surface area contributed by atoms with E-state index in [-0.39, 0.29) is 12.1 Å². The number of methoxy groups -OCH3 is 1. The first-order chi connectivity index (χ1) is 11.1. The monoisotopic (exact) mass is 317 g/mol. The summed E-state index contributed by atoms with van der Waals surface area (Å²) in [4.78, 5) is 18.5. The summed E-state index contributed by atoms with van der Waals surface area (Å²) >= 11 is 0. The lowest BCUT2D eigenvalue weighted by atomic mass is 9.92. The Labute approximate surface area is 138 Å². The van der Waals surface area contributed by atoms with Gasteiger partial charge in [-0.3, -0.25) is 4.90 Å². The molecule has 0 aromatic heterocycles. The van der Waals surface area contributed by atoms with Crippen LogP contribution in [0.4, 0.5) is 4.79 Å². The Bertz CT molecular complexity index is 567. The number of carbonyl (C=O) groups is 1. The van der Waals surface area contributed by atoms with Crippen molar-refractivity contribution >= 4 is 6.09 Å². The Morgan fingerprint density at radius 2 is 1.96 bits per heavy atom. The minimum atomic E-state index is -0.232. The number of ether oxygens (including phenoxy) is 1. The molecular formula is C18H27N3O2. The van der Waals surface area contributed by atoms with E-state index < -0.39 is 0 Å². The molecule has 1 aromatic rings. The first-order valence-corrected chi connectivity index (χ1v) is 8.45. The van der Waals surface area contributed by atoms with Crippen molar-refractivity contribution in [3.8, 4) is 0 Å². The van der Waals surface area contributed by atoms with Gasteiger partial charge in [0.25, 0.3) is 0 Å². The van der Waals surface area contributed by atoms with Gasteiger partial charge in [-0.2, -0.15) is 0 Å². The summed E-state index contributed by atoms with van der Waals surface area (Å²) in [6, 6.07) is 6.83. The van der Waals surface area contributed by atoms with Gasteiger partial charge in [-0.1, -0.05) is 18.2 Å². The molecule has 5 heteroatoms. The Kier molecular flexibility index (Phi) is 4.87. The van der Waals surface area contributed by atoms with Crippen molar-refractivity contribution in [1.29, 1.82) is 0 Å². The fourth-order valence-corrected chi connectivity index (χ4v) is 3.61. The second-order valence-corrected chi connectivity index (χ2v) is 6.70. The molecule has 1 atom stereocenters. The lowest BCUT2D eigenvalue weighted by molar-refractivity contribution is 0.105. The molecule has 1 aromatic carbocycles. The highest BCUT2D eigenvalue weighted by Gasteiger charge is 2.28.